The van der Waals surface area contributed by atoms with Crippen LogP contribution < -0.4 is 4.74 Å². The van der Waals surface area contributed by atoms with E-state index in [1.807, 2.05) is 6.07 Å². The third kappa shape index (κ3) is 2.76. The molecule has 0 saturated heterocycles. The summed E-state index contributed by atoms with van der Waals surface area (Å²) in [5.74, 6) is 1.06. The van der Waals surface area contributed by atoms with Crippen LogP contribution >= 0.6 is 0 Å². The summed E-state index contributed by atoms with van der Waals surface area (Å²) in [6.45, 7) is 6.50. The molecule has 0 aliphatic heterocycles. The molecule has 0 fully saturated rings. The van der Waals surface area contributed by atoms with Crippen LogP contribution in [0.4, 0.5) is 0 Å². The first kappa shape index (κ1) is 11.1. The van der Waals surface area contributed by atoms with Crippen LogP contribution in [-0.4, -0.2) is 6.10 Å². The molecule has 0 saturated carbocycles. The van der Waals surface area contributed by atoms with Crippen LogP contribution in [-0.2, 0) is 6.42 Å². The fourth-order valence-electron chi connectivity index (χ4n) is 1.55. The lowest BCUT2D eigenvalue weighted by molar-refractivity contribution is 0.191. The maximum atomic E-state index is 5.93. The third-order valence-electron chi connectivity index (χ3n) is 2.56. The molecule has 78 valence electrons. The molecule has 0 aliphatic rings. The minimum absolute atomic E-state index is 0.364. The molecule has 1 aromatic carbocycles. The quantitative estimate of drug-likeness (QED) is 0.689. The van der Waals surface area contributed by atoms with Gasteiger partial charge in [-0.2, -0.15) is 0 Å². The summed E-state index contributed by atoms with van der Waals surface area (Å²) in [5, 5.41) is 0. The van der Waals surface area contributed by atoms with Crippen molar-refractivity contribution in [3.05, 3.63) is 29.8 Å². The lowest BCUT2D eigenvalue weighted by atomic mass is 10.1. The number of benzene rings is 1. The van der Waals surface area contributed by atoms with E-state index in [9.17, 15) is 0 Å². The second-order valence-electron chi connectivity index (χ2n) is 3.52. The molecule has 0 aromatic heterocycles. The number of rotatable bonds is 5. The highest BCUT2D eigenvalue weighted by Crippen LogP contribution is 2.21. The van der Waals surface area contributed by atoms with E-state index in [0.717, 1.165) is 25.0 Å². The van der Waals surface area contributed by atoms with Gasteiger partial charge in [-0.25, -0.2) is 0 Å². The Balaban J connectivity index is 2.74. The van der Waals surface area contributed by atoms with Gasteiger partial charge in [0.1, 0.15) is 5.75 Å². The zero-order valence-electron chi connectivity index (χ0n) is 9.42. The highest BCUT2D eigenvalue weighted by molar-refractivity contribution is 5.33. The van der Waals surface area contributed by atoms with Crippen molar-refractivity contribution < 1.29 is 4.74 Å². The summed E-state index contributed by atoms with van der Waals surface area (Å²) in [4.78, 5) is 0. The lowest BCUT2D eigenvalue weighted by Gasteiger charge is -2.17. The fraction of sp³-hybridized carbons (Fsp3) is 0.538. The van der Waals surface area contributed by atoms with Crippen molar-refractivity contribution in [2.45, 2.75) is 46.1 Å². The van der Waals surface area contributed by atoms with E-state index in [4.69, 9.17) is 4.74 Å². The van der Waals surface area contributed by atoms with Crippen LogP contribution in [0, 0.1) is 0 Å². The SMILES string of the molecule is CCc1ccccc1OC(CC)CC. The van der Waals surface area contributed by atoms with Gasteiger partial charge in [0.25, 0.3) is 0 Å². The molecule has 0 spiro atoms. The maximum absolute atomic E-state index is 5.93. The van der Waals surface area contributed by atoms with Crippen LogP contribution in [0.15, 0.2) is 24.3 Å². The molecular formula is C13H20O. The average molecular weight is 192 g/mol. The van der Waals surface area contributed by atoms with E-state index in [0.29, 0.717) is 6.10 Å². The van der Waals surface area contributed by atoms with Gasteiger partial charge < -0.3 is 4.74 Å². The molecule has 0 aliphatic carbocycles. The lowest BCUT2D eigenvalue weighted by Crippen LogP contribution is -2.14. The highest BCUT2D eigenvalue weighted by atomic mass is 16.5. The van der Waals surface area contributed by atoms with E-state index in [1.165, 1.54) is 5.56 Å². The van der Waals surface area contributed by atoms with Gasteiger partial charge in [0.2, 0.25) is 0 Å². The van der Waals surface area contributed by atoms with Crippen molar-refractivity contribution in [2.75, 3.05) is 0 Å². The summed E-state index contributed by atoms with van der Waals surface area (Å²) >= 11 is 0. The zero-order valence-corrected chi connectivity index (χ0v) is 9.42. The molecule has 0 unspecified atom stereocenters. The molecule has 1 rings (SSSR count). The van der Waals surface area contributed by atoms with Crippen LogP contribution in [0.5, 0.6) is 5.75 Å². The normalized spacial score (nSPS) is 10.6. The van der Waals surface area contributed by atoms with Crippen LogP contribution in [0.1, 0.15) is 39.2 Å². The minimum Gasteiger partial charge on any atom is -0.490 e. The van der Waals surface area contributed by atoms with Gasteiger partial charge >= 0.3 is 0 Å². The minimum atomic E-state index is 0.364. The largest absolute Gasteiger partial charge is 0.490 e. The first-order chi connectivity index (χ1) is 6.81. The Morgan fingerprint density at radius 1 is 1.07 bits per heavy atom. The van der Waals surface area contributed by atoms with E-state index < -0.39 is 0 Å². The number of hydrogen-bond donors (Lipinski definition) is 0. The predicted octanol–water partition coefficient (Wildman–Crippen LogP) is 3.82. The van der Waals surface area contributed by atoms with Crippen molar-refractivity contribution in [3.63, 3.8) is 0 Å². The Kier molecular flexibility index (Phi) is 4.51. The summed E-state index contributed by atoms with van der Waals surface area (Å²) in [7, 11) is 0. The molecule has 1 aromatic rings. The molecule has 0 N–H and O–H groups in total. The number of hydrogen-bond acceptors (Lipinski definition) is 1. The Hall–Kier alpha value is -0.980. The summed E-state index contributed by atoms with van der Waals surface area (Å²) < 4.78 is 5.93. The van der Waals surface area contributed by atoms with E-state index in [1.54, 1.807) is 0 Å². The van der Waals surface area contributed by atoms with Gasteiger partial charge in [-0.05, 0) is 30.9 Å². The highest BCUT2D eigenvalue weighted by Gasteiger charge is 2.07. The topological polar surface area (TPSA) is 9.23 Å². The Morgan fingerprint density at radius 3 is 2.29 bits per heavy atom. The monoisotopic (exact) mass is 192 g/mol. The molecule has 0 atom stereocenters. The van der Waals surface area contributed by atoms with Gasteiger partial charge in [-0.15, -0.1) is 0 Å². The molecule has 0 amide bonds. The van der Waals surface area contributed by atoms with Crippen molar-refractivity contribution in [1.82, 2.24) is 0 Å². The summed E-state index contributed by atoms with van der Waals surface area (Å²) in [5.41, 5.74) is 1.31. The smallest absolute Gasteiger partial charge is 0.122 e. The van der Waals surface area contributed by atoms with Crippen molar-refractivity contribution >= 4 is 0 Å². The molecular weight excluding hydrogens is 172 g/mol. The summed E-state index contributed by atoms with van der Waals surface area (Å²) in [6, 6.07) is 8.31. The Labute approximate surface area is 87.1 Å². The van der Waals surface area contributed by atoms with Gasteiger partial charge in [0, 0.05) is 0 Å². The first-order valence-corrected chi connectivity index (χ1v) is 5.56. The first-order valence-electron chi connectivity index (χ1n) is 5.56. The van der Waals surface area contributed by atoms with Gasteiger partial charge in [0.15, 0.2) is 0 Å². The molecule has 1 heteroatoms. The molecule has 14 heavy (non-hydrogen) atoms. The third-order valence-corrected chi connectivity index (χ3v) is 2.56. The fourth-order valence-corrected chi connectivity index (χ4v) is 1.55. The second-order valence-corrected chi connectivity index (χ2v) is 3.52. The number of aryl methyl sites for hydroxylation is 1. The Morgan fingerprint density at radius 2 is 1.71 bits per heavy atom. The molecule has 1 nitrogen and oxygen atoms in total. The average Bonchev–Trinajstić information content (AvgIpc) is 2.26. The van der Waals surface area contributed by atoms with Crippen molar-refractivity contribution in [1.29, 1.82) is 0 Å². The van der Waals surface area contributed by atoms with Crippen LogP contribution in [0.2, 0.25) is 0 Å². The molecule has 0 radical (unpaired) electrons. The van der Waals surface area contributed by atoms with E-state index in [-0.39, 0.29) is 0 Å². The van der Waals surface area contributed by atoms with Crippen LogP contribution in [0.25, 0.3) is 0 Å². The summed E-state index contributed by atoms with van der Waals surface area (Å²) in [6.07, 6.45) is 3.56. The van der Waals surface area contributed by atoms with Crippen molar-refractivity contribution in [3.8, 4) is 5.75 Å². The van der Waals surface area contributed by atoms with E-state index >= 15 is 0 Å². The standard InChI is InChI=1S/C13H20O/c1-4-11-9-7-8-10-13(11)14-12(5-2)6-3/h7-10,12H,4-6H2,1-3H3. The number of para-hydroxylation sites is 1. The zero-order chi connectivity index (χ0) is 10.4. The molecule has 0 heterocycles. The van der Waals surface area contributed by atoms with Gasteiger partial charge in [-0.1, -0.05) is 39.0 Å². The van der Waals surface area contributed by atoms with Crippen molar-refractivity contribution in [2.24, 2.45) is 0 Å². The van der Waals surface area contributed by atoms with Gasteiger partial charge in [0.05, 0.1) is 6.10 Å². The number of ether oxygens (including phenoxy) is 1. The van der Waals surface area contributed by atoms with Gasteiger partial charge in [-0.3, -0.25) is 0 Å². The Bertz CT molecular complexity index is 264. The maximum Gasteiger partial charge on any atom is 0.122 e. The van der Waals surface area contributed by atoms with Crippen LogP contribution in [0.3, 0.4) is 0 Å². The predicted molar refractivity (Wildman–Crippen MR) is 60.8 cm³/mol. The van der Waals surface area contributed by atoms with E-state index in [2.05, 4.69) is 39.0 Å². The molecule has 0 bridgehead atoms. The second kappa shape index (κ2) is 5.69.